The molecule has 1 atom stereocenters. The number of benzene rings is 1. The number of thiocarbonyl (C=S) groups is 1. The fourth-order valence-electron chi connectivity index (χ4n) is 3.36. The van der Waals surface area contributed by atoms with Crippen molar-refractivity contribution < 1.29 is 19.2 Å². The number of methoxy groups -OCH3 is 1. The van der Waals surface area contributed by atoms with Crippen LogP contribution in [-0.2, 0) is 4.79 Å². The third-order valence-corrected chi connectivity index (χ3v) is 4.85. The fraction of sp³-hybridized carbons (Fsp3) is 0.474. The molecule has 0 saturated heterocycles. The van der Waals surface area contributed by atoms with Gasteiger partial charge in [0.15, 0.2) is 16.6 Å². The van der Waals surface area contributed by atoms with Crippen molar-refractivity contribution in [1.82, 2.24) is 10.2 Å². The third kappa shape index (κ3) is 4.09. The number of carbonyl (C=O) groups is 1. The Kier molecular flexibility index (Phi) is 6.95. The number of allylic oxidation sites excluding steroid dienone is 1. The largest absolute Gasteiger partial charge is 0.490 e. The van der Waals surface area contributed by atoms with E-state index in [1.54, 1.807) is 13.0 Å². The molecule has 9 heteroatoms. The van der Waals surface area contributed by atoms with Crippen LogP contribution < -0.4 is 14.8 Å². The van der Waals surface area contributed by atoms with Crippen molar-refractivity contribution in [3.63, 3.8) is 0 Å². The molecule has 1 aliphatic heterocycles. The first-order valence-electron chi connectivity index (χ1n) is 9.05. The molecule has 1 unspecified atom stereocenters. The lowest BCUT2D eigenvalue weighted by Gasteiger charge is -2.37. The van der Waals surface area contributed by atoms with Crippen LogP contribution in [0.15, 0.2) is 23.4 Å². The zero-order valence-corrected chi connectivity index (χ0v) is 17.5. The number of Topliss-reactive ketones (excluding diaryl/α,β-unsaturated/α-hetero) is 1. The minimum Gasteiger partial charge on any atom is -0.490 e. The highest BCUT2D eigenvalue weighted by Crippen LogP contribution is 2.42. The zero-order chi connectivity index (χ0) is 21.0. The standard InChI is InChI=1S/C19H25N3O5S/c1-6-8-21-11(3)16(12(4)23)17(20-19(21)28)13-9-14(22(24)25)18(26-5)15(10-13)27-7-2/h9-10,17H,6-8H2,1-5H3,(H,20,28). The van der Waals surface area contributed by atoms with E-state index < -0.39 is 11.0 Å². The van der Waals surface area contributed by atoms with Gasteiger partial charge in [0, 0.05) is 23.9 Å². The molecule has 28 heavy (non-hydrogen) atoms. The lowest BCUT2D eigenvalue weighted by molar-refractivity contribution is -0.385. The second-order valence-electron chi connectivity index (χ2n) is 6.35. The van der Waals surface area contributed by atoms with Crippen molar-refractivity contribution in [1.29, 1.82) is 0 Å². The first kappa shape index (κ1) is 21.6. The number of hydrogen-bond donors (Lipinski definition) is 1. The van der Waals surface area contributed by atoms with Gasteiger partial charge in [-0.15, -0.1) is 0 Å². The van der Waals surface area contributed by atoms with Crippen LogP contribution >= 0.6 is 12.2 Å². The van der Waals surface area contributed by atoms with Gasteiger partial charge >= 0.3 is 5.69 Å². The Morgan fingerprint density at radius 2 is 2.07 bits per heavy atom. The predicted octanol–water partition coefficient (Wildman–Crippen LogP) is 3.51. The maximum absolute atomic E-state index is 12.4. The molecule has 1 heterocycles. The van der Waals surface area contributed by atoms with E-state index >= 15 is 0 Å². The summed E-state index contributed by atoms with van der Waals surface area (Å²) in [5, 5.41) is 15.2. The molecular formula is C19H25N3O5S. The van der Waals surface area contributed by atoms with Crippen LogP contribution in [0.3, 0.4) is 0 Å². The van der Waals surface area contributed by atoms with Crippen molar-refractivity contribution in [2.24, 2.45) is 0 Å². The minimum atomic E-state index is -0.609. The smallest absolute Gasteiger partial charge is 0.315 e. The summed E-state index contributed by atoms with van der Waals surface area (Å²) in [5.74, 6) is 0.167. The van der Waals surface area contributed by atoms with Crippen molar-refractivity contribution in [3.05, 3.63) is 39.1 Å². The second-order valence-corrected chi connectivity index (χ2v) is 6.74. The molecule has 0 aromatic heterocycles. The highest BCUT2D eigenvalue weighted by molar-refractivity contribution is 7.80. The van der Waals surface area contributed by atoms with Crippen molar-refractivity contribution in [2.45, 2.75) is 40.2 Å². The Labute approximate surface area is 169 Å². The second kappa shape index (κ2) is 9.01. The van der Waals surface area contributed by atoms with Gasteiger partial charge in [-0.25, -0.2) is 0 Å². The minimum absolute atomic E-state index is 0.0478. The van der Waals surface area contributed by atoms with Gasteiger partial charge in [-0.1, -0.05) is 6.92 Å². The molecule has 1 aromatic carbocycles. The van der Waals surface area contributed by atoms with Crippen LogP contribution in [-0.4, -0.2) is 41.0 Å². The molecule has 1 aromatic rings. The Morgan fingerprint density at radius 3 is 2.57 bits per heavy atom. The van der Waals surface area contributed by atoms with Crippen LogP contribution in [0.4, 0.5) is 5.69 Å². The van der Waals surface area contributed by atoms with Crippen LogP contribution in [0.1, 0.15) is 45.7 Å². The summed E-state index contributed by atoms with van der Waals surface area (Å²) in [6.45, 7) is 8.11. The van der Waals surface area contributed by atoms with Gasteiger partial charge in [-0.2, -0.15) is 0 Å². The van der Waals surface area contributed by atoms with E-state index in [1.807, 2.05) is 18.7 Å². The molecule has 0 radical (unpaired) electrons. The molecule has 0 saturated carbocycles. The number of ether oxygens (including phenoxy) is 2. The molecular weight excluding hydrogens is 382 g/mol. The lowest BCUT2D eigenvalue weighted by atomic mass is 9.91. The molecule has 0 spiro atoms. The van der Waals surface area contributed by atoms with Gasteiger partial charge in [0.25, 0.3) is 0 Å². The average molecular weight is 407 g/mol. The Morgan fingerprint density at radius 1 is 1.39 bits per heavy atom. The zero-order valence-electron chi connectivity index (χ0n) is 16.7. The lowest BCUT2D eigenvalue weighted by Crippen LogP contribution is -2.47. The summed E-state index contributed by atoms with van der Waals surface area (Å²) in [4.78, 5) is 25.4. The topological polar surface area (TPSA) is 93.9 Å². The number of nitro benzene ring substituents is 1. The fourth-order valence-corrected chi connectivity index (χ4v) is 3.71. The average Bonchev–Trinajstić information content (AvgIpc) is 2.63. The maximum Gasteiger partial charge on any atom is 0.315 e. The first-order chi connectivity index (χ1) is 13.3. The molecule has 0 bridgehead atoms. The van der Waals surface area contributed by atoms with E-state index in [1.165, 1.54) is 20.1 Å². The van der Waals surface area contributed by atoms with E-state index in [-0.39, 0.29) is 23.0 Å². The van der Waals surface area contributed by atoms with Crippen molar-refractivity contribution in [2.75, 3.05) is 20.3 Å². The molecule has 0 fully saturated rings. The van der Waals surface area contributed by atoms with Crippen molar-refractivity contribution in [3.8, 4) is 11.5 Å². The summed E-state index contributed by atoms with van der Waals surface area (Å²) in [6, 6.07) is 2.44. The number of nitrogens with zero attached hydrogens (tertiary/aromatic N) is 2. The number of hydrogen-bond acceptors (Lipinski definition) is 6. The number of ketones is 1. The molecule has 1 aliphatic rings. The van der Waals surface area contributed by atoms with Crippen LogP contribution in [0.2, 0.25) is 0 Å². The summed E-state index contributed by atoms with van der Waals surface area (Å²) in [7, 11) is 1.35. The van der Waals surface area contributed by atoms with Crippen LogP contribution in [0.5, 0.6) is 11.5 Å². The van der Waals surface area contributed by atoms with Gasteiger partial charge in [-0.3, -0.25) is 14.9 Å². The van der Waals surface area contributed by atoms with Gasteiger partial charge in [-0.05, 0) is 51.0 Å². The maximum atomic E-state index is 12.4. The van der Waals surface area contributed by atoms with E-state index in [9.17, 15) is 14.9 Å². The Balaban J connectivity index is 2.69. The van der Waals surface area contributed by atoms with Crippen LogP contribution in [0, 0.1) is 10.1 Å². The monoisotopic (exact) mass is 407 g/mol. The molecule has 2 rings (SSSR count). The quantitative estimate of drug-likeness (QED) is 0.397. The molecule has 0 amide bonds. The Hall–Kier alpha value is -2.68. The summed E-state index contributed by atoms with van der Waals surface area (Å²) in [6.07, 6.45) is 0.859. The molecule has 1 N–H and O–H groups in total. The van der Waals surface area contributed by atoms with Gasteiger partial charge in [0.1, 0.15) is 0 Å². The van der Waals surface area contributed by atoms with Gasteiger partial charge in [0.05, 0.1) is 24.7 Å². The van der Waals surface area contributed by atoms with E-state index in [0.717, 1.165) is 12.1 Å². The number of rotatable bonds is 8. The van der Waals surface area contributed by atoms with E-state index in [4.69, 9.17) is 21.7 Å². The number of nitrogens with one attached hydrogen (secondary N) is 1. The van der Waals surface area contributed by atoms with Crippen molar-refractivity contribution >= 4 is 28.8 Å². The summed E-state index contributed by atoms with van der Waals surface area (Å²) in [5.41, 5.74) is 1.55. The van der Waals surface area contributed by atoms with E-state index in [0.29, 0.717) is 29.4 Å². The molecule has 8 nitrogen and oxygen atoms in total. The van der Waals surface area contributed by atoms with Crippen LogP contribution in [0.25, 0.3) is 0 Å². The molecule has 152 valence electrons. The predicted molar refractivity (Wildman–Crippen MR) is 110 cm³/mol. The molecule has 0 aliphatic carbocycles. The normalized spacial score (nSPS) is 16.7. The highest BCUT2D eigenvalue weighted by Gasteiger charge is 2.34. The number of nitro groups is 1. The summed E-state index contributed by atoms with van der Waals surface area (Å²) < 4.78 is 10.8. The first-order valence-corrected chi connectivity index (χ1v) is 9.46. The van der Waals surface area contributed by atoms with Gasteiger partial charge in [0.2, 0.25) is 5.75 Å². The van der Waals surface area contributed by atoms with Gasteiger partial charge < -0.3 is 19.7 Å². The SMILES string of the molecule is CCCN1C(=S)NC(c2cc(OCC)c(OC)c([N+](=O)[O-])c2)C(C(C)=O)=C1C. The number of carbonyl (C=O) groups excluding carboxylic acids is 1. The Bertz CT molecular complexity index is 837. The summed E-state index contributed by atoms with van der Waals surface area (Å²) >= 11 is 5.48. The third-order valence-electron chi connectivity index (χ3n) is 4.51. The highest BCUT2D eigenvalue weighted by atomic mass is 32.1. The van der Waals surface area contributed by atoms with E-state index in [2.05, 4.69) is 5.32 Å².